The number of nitrogens with zero attached hydrogens (tertiary/aromatic N) is 1. The average Bonchev–Trinajstić information content (AvgIpc) is 2.58. The van der Waals surface area contributed by atoms with Gasteiger partial charge in [-0.15, -0.1) is 11.3 Å². The van der Waals surface area contributed by atoms with E-state index in [0.29, 0.717) is 0 Å². The van der Waals surface area contributed by atoms with Gasteiger partial charge in [-0.05, 0) is 11.4 Å². The molecule has 2 aromatic rings. The van der Waals surface area contributed by atoms with Crippen molar-refractivity contribution in [2.45, 2.75) is 0 Å². The molecule has 0 spiro atoms. The maximum absolute atomic E-state index is 10.7. The number of hydrogen-bond donors (Lipinski definition) is 1. The summed E-state index contributed by atoms with van der Waals surface area (Å²) in [6.45, 7) is 0. The third kappa shape index (κ3) is 1.29. The lowest BCUT2D eigenvalue weighted by molar-refractivity contribution is 1.15. The van der Waals surface area contributed by atoms with Crippen LogP contribution in [0, 0.1) is 0 Å². The van der Waals surface area contributed by atoms with E-state index in [1.54, 1.807) is 17.5 Å². The first-order valence-corrected chi connectivity index (χ1v) is 4.33. The van der Waals surface area contributed by atoms with Gasteiger partial charge in [0.05, 0.1) is 16.8 Å². The number of aromatic amines is 1. The van der Waals surface area contributed by atoms with Crippen molar-refractivity contribution in [3.63, 3.8) is 0 Å². The van der Waals surface area contributed by atoms with Crippen LogP contribution in [0.3, 0.4) is 0 Å². The van der Waals surface area contributed by atoms with Crippen LogP contribution in [0.1, 0.15) is 0 Å². The van der Waals surface area contributed by atoms with Gasteiger partial charge in [0.2, 0.25) is 0 Å². The van der Waals surface area contributed by atoms with Gasteiger partial charge >= 0.3 is 0 Å². The molecule has 4 heteroatoms. The Balaban J connectivity index is 2.49. The molecule has 60 valence electrons. The zero-order chi connectivity index (χ0) is 8.39. The molecule has 0 radical (unpaired) electrons. The number of thiophene rings is 1. The van der Waals surface area contributed by atoms with Crippen LogP contribution in [0.2, 0.25) is 0 Å². The Morgan fingerprint density at radius 1 is 1.50 bits per heavy atom. The van der Waals surface area contributed by atoms with Crippen molar-refractivity contribution in [2.75, 3.05) is 0 Å². The van der Waals surface area contributed by atoms with Gasteiger partial charge in [-0.2, -0.15) is 0 Å². The highest BCUT2D eigenvalue weighted by molar-refractivity contribution is 7.13. The van der Waals surface area contributed by atoms with Crippen LogP contribution in [0.25, 0.3) is 10.6 Å². The third-order valence-corrected chi connectivity index (χ3v) is 2.34. The maximum Gasteiger partial charge on any atom is 0.266 e. The van der Waals surface area contributed by atoms with Crippen molar-refractivity contribution in [3.8, 4) is 10.6 Å². The minimum absolute atomic E-state index is 0.171. The second kappa shape index (κ2) is 2.91. The van der Waals surface area contributed by atoms with Gasteiger partial charge in [-0.1, -0.05) is 6.07 Å². The summed E-state index contributed by atoms with van der Waals surface area (Å²) in [4.78, 5) is 18.3. The summed E-state index contributed by atoms with van der Waals surface area (Å²) in [5.41, 5.74) is 0.639. The minimum Gasteiger partial charge on any atom is -0.326 e. The van der Waals surface area contributed by atoms with Crippen LogP contribution in [0.5, 0.6) is 0 Å². The monoisotopic (exact) mass is 178 g/mol. The standard InChI is InChI=1S/C8H6N2OS/c11-8-5-9-6(4-10-8)7-2-1-3-12-7/h1-5H,(H,10,11). The Labute approximate surface area is 72.7 Å². The fraction of sp³-hybridized carbons (Fsp3) is 0. The Bertz CT molecular complexity index is 398. The third-order valence-electron chi connectivity index (χ3n) is 1.45. The first kappa shape index (κ1) is 7.24. The molecule has 0 fully saturated rings. The highest BCUT2D eigenvalue weighted by atomic mass is 32.1. The molecule has 12 heavy (non-hydrogen) atoms. The van der Waals surface area contributed by atoms with E-state index in [0.717, 1.165) is 10.6 Å². The molecule has 1 N–H and O–H groups in total. The van der Waals surface area contributed by atoms with Crippen molar-refractivity contribution in [2.24, 2.45) is 0 Å². The van der Waals surface area contributed by atoms with Crippen molar-refractivity contribution in [1.82, 2.24) is 9.97 Å². The van der Waals surface area contributed by atoms with Crippen molar-refractivity contribution >= 4 is 11.3 Å². The largest absolute Gasteiger partial charge is 0.326 e. The molecule has 0 atom stereocenters. The minimum atomic E-state index is -0.171. The molecule has 0 amide bonds. The summed E-state index contributed by atoms with van der Waals surface area (Å²) in [5.74, 6) is 0. The van der Waals surface area contributed by atoms with E-state index in [1.165, 1.54) is 6.20 Å². The van der Waals surface area contributed by atoms with E-state index in [2.05, 4.69) is 9.97 Å². The van der Waals surface area contributed by atoms with Gasteiger partial charge in [0, 0.05) is 6.20 Å². The number of H-pyrrole nitrogens is 1. The molecule has 2 heterocycles. The molecule has 0 aliphatic heterocycles. The normalized spacial score (nSPS) is 10.0. The van der Waals surface area contributed by atoms with Crippen LogP contribution in [0.4, 0.5) is 0 Å². The number of nitrogens with one attached hydrogen (secondary N) is 1. The quantitative estimate of drug-likeness (QED) is 0.719. The van der Waals surface area contributed by atoms with E-state index < -0.39 is 0 Å². The highest BCUT2D eigenvalue weighted by Crippen LogP contribution is 2.20. The predicted octanol–water partition coefficient (Wildman–Crippen LogP) is 1.50. The van der Waals surface area contributed by atoms with Gasteiger partial charge in [-0.25, -0.2) is 4.98 Å². The number of hydrogen-bond acceptors (Lipinski definition) is 3. The van der Waals surface area contributed by atoms with Crippen LogP contribution in [-0.2, 0) is 0 Å². The van der Waals surface area contributed by atoms with Crippen molar-refractivity contribution < 1.29 is 0 Å². The Hall–Kier alpha value is -1.42. The highest BCUT2D eigenvalue weighted by Gasteiger charge is 1.97. The Morgan fingerprint density at radius 3 is 3.00 bits per heavy atom. The Morgan fingerprint density at radius 2 is 2.42 bits per heavy atom. The zero-order valence-corrected chi connectivity index (χ0v) is 6.97. The van der Waals surface area contributed by atoms with Gasteiger partial charge in [0.1, 0.15) is 0 Å². The van der Waals surface area contributed by atoms with E-state index in [-0.39, 0.29) is 5.56 Å². The second-order valence-electron chi connectivity index (χ2n) is 2.27. The SMILES string of the molecule is O=c1cnc(-c2cccs2)c[nH]1. The van der Waals surface area contributed by atoms with Crippen molar-refractivity contribution in [1.29, 1.82) is 0 Å². The van der Waals surface area contributed by atoms with Crippen LogP contribution in [0.15, 0.2) is 34.7 Å². The number of aromatic nitrogens is 2. The summed E-state index contributed by atoms with van der Waals surface area (Å²) in [6, 6.07) is 3.91. The predicted molar refractivity (Wildman–Crippen MR) is 48.2 cm³/mol. The first-order valence-electron chi connectivity index (χ1n) is 3.45. The average molecular weight is 178 g/mol. The molecule has 0 aromatic carbocycles. The molecule has 0 unspecified atom stereocenters. The van der Waals surface area contributed by atoms with Gasteiger partial charge in [0.25, 0.3) is 5.56 Å². The van der Waals surface area contributed by atoms with Gasteiger partial charge < -0.3 is 4.98 Å². The molecule has 0 saturated carbocycles. The van der Waals surface area contributed by atoms with Crippen LogP contribution < -0.4 is 5.56 Å². The molecule has 2 aromatic heterocycles. The zero-order valence-electron chi connectivity index (χ0n) is 6.15. The summed E-state index contributed by atoms with van der Waals surface area (Å²) >= 11 is 1.60. The molecule has 0 bridgehead atoms. The second-order valence-corrected chi connectivity index (χ2v) is 3.22. The summed E-state index contributed by atoms with van der Waals surface area (Å²) in [6.07, 6.45) is 2.91. The lowest BCUT2D eigenvalue weighted by Crippen LogP contribution is -2.03. The molecule has 0 aliphatic rings. The molecule has 3 nitrogen and oxygen atoms in total. The Kier molecular flexibility index (Phi) is 1.75. The van der Waals surface area contributed by atoms with E-state index in [4.69, 9.17) is 0 Å². The van der Waals surface area contributed by atoms with E-state index >= 15 is 0 Å². The van der Waals surface area contributed by atoms with Gasteiger partial charge in [-0.3, -0.25) is 4.79 Å². The summed E-state index contributed by atoms with van der Waals surface area (Å²) in [5, 5.41) is 1.97. The van der Waals surface area contributed by atoms with Crippen molar-refractivity contribution in [3.05, 3.63) is 40.3 Å². The van der Waals surface area contributed by atoms with Crippen LogP contribution >= 0.6 is 11.3 Å². The molecule has 2 rings (SSSR count). The maximum atomic E-state index is 10.7. The smallest absolute Gasteiger partial charge is 0.266 e. The topological polar surface area (TPSA) is 45.8 Å². The fourth-order valence-electron chi connectivity index (χ4n) is 0.901. The fourth-order valence-corrected chi connectivity index (χ4v) is 1.59. The lowest BCUT2D eigenvalue weighted by atomic mass is 10.4. The molecular weight excluding hydrogens is 172 g/mol. The first-order chi connectivity index (χ1) is 5.86. The van der Waals surface area contributed by atoms with Crippen LogP contribution in [-0.4, -0.2) is 9.97 Å². The van der Waals surface area contributed by atoms with Gasteiger partial charge in [0.15, 0.2) is 0 Å². The molecular formula is C8H6N2OS. The van der Waals surface area contributed by atoms with E-state index in [1.807, 2.05) is 17.5 Å². The molecule has 0 saturated heterocycles. The summed E-state index contributed by atoms with van der Waals surface area (Å²) in [7, 11) is 0. The molecule has 0 aliphatic carbocycles. The summed E-state index contributed by atoms with van der Waals surface area (Å²) < 4.78 is 0. The van der Waals surface area contributed by atoms with E-state index in [9.17, 15) is 4.79 Å². The number of rotatable bonds is 1. The lowest BCUT2D eigenvalue weighted by Gasteiger charge is -1.92.